The summed E-state index contributed by atoms with van der Waals surface area (Å²) in [6.45, 7) is 17.4. The average Bonchev–Trinajstić information content (AvgIpc) is 2.23. The van der Waals surface area contributed by atoms with E-state index in [2.05, 4.69) is 46.2 Å². The van der Waals surface area contributed by atoms with Gasteiger partial charge in [-0.05, 0) is 24.8 Å². The Bertz CT molecular complexity index is 219. The minimum atomic E-state index is 0.252. The van der Waals surface area contributed by atoms with Crippen LogP contribution in [0.15, 0.2) is 24.4 Å². The molecule has 0 aliphatic heterocycles. The number of hydrogen-bond donors (Lipinski definition) is 2. The van der Waals surface area contributed by atoms with Crippen molar-refractivity contribution in [2.75, 3.05) is 6.54 Å². The van der Waals surface area contributed by atoms with Gasteiger partial charge in [0.15, 0.2) is 0 Å². The van der Waals surface area contributed by atoms with Crippen LogP contribution in [0, 0.1) is 11.8 Å². The molecule has 0 spiro atoms. The maximum atomic E-state index is 5.72. The summed E-state index contributed by atoms with van der Waals surface area (Å²) >= 11 is 0. The van der Waals surface area contributed by atoms with E-state index in [0.29, 0.717) is 18.4 Å². The first-order valence-electron chi connectivity index (χ1n) is 5.77. The molecule has 0 amide bonds. The zero-order chi connectivity index (χ0) is 12.0. The summed E-state index contributed by atoms with van der Waals surface area (Å²) in [6, 6.07) is 0.252. The lowest BCUT2D eigenvalue weighted by Crippen LogP contribution is -2.40. The number of hydrogen-bond acceptors (Lipinski definition) is 2. The van der Waals surface area contributed by atoms with E-state index in [0.717, 1.165) is 12.1 Å². The summed E-state index contributed by atoms with van der Waals surface area (Å²) < 4.78 is 0. The van der Waals surface area contributed by atoms with E-state index >= 15 is 0 Å². The Labute approximate surface area is 94.6 Å². The fourth-order valence-corrected chi connectivity index (χ4v) is 1.42. The fourth-order valence-electron chi connectivity index (χ4n) is 1.42. The molecule has 0 aromatic rings. The van der Waals surface area contributed by atoms with Gasteiger partial charge in [0.25, 0.3) is 0 Å². The van der Waals surface area contributed by atoms with Gasteiger partial charge >= 0.3 is 0 Å². The Balaban J connectivity index is 4.58. The molecule has 0 fully saturated rings. The topological polar surface area (TPSA) is 38.0 Å². The molecular formula is C13H26N2. The molecule has 2 heteroatoms. The summed E-state index contributed by atoms with van der Waals surface area (Å²) in [6.07, 6.45) is 0.944. The number of allylic oxidation sites excluding steroid dienone is 1. The average molecular weight is 210 g/mol. The zero-order valence-corrected chi connectivity index (χ0v) is 10.6. The highest BCUT2D eigenvalue weighted by Crippen LogP contribution is 2.19. The molecule has 2 nitrogen and oxygen atoms in total. The van der Waals surface area contributed by atoms with Crippen molar-refractivity contribution in [3.05, 3.63) is 24.4 Å². The molecule has 15 heavy (non-hydrogen) atoms. The van der Waals surface area contributed by atoms with Crippen LogP contribution in [-0.4, -0.2) is 12.6 Å². The molecular weight excluding hydrogens is 184 g/mol. The quantitative estimate of drug-likeness (QED) is 0.634. The Morgan fingerprint density at radius 3 is 2.13 bits per heavy atom. The number of rotatable bonds is 7. The summed E-state index contributed by atoms with van der Waals surface area (Å²) in [7, 11) is 0. The van der Waals surface area contributed by atoms with Crippen LogP contribution < -0.4 is 11.1 Å². The van der Waals surface area contributed by atoms with Crippen molar-refractivity contribution >= 4 is 0 Å². The van der Waals surface area contributed by atoms with E-state index < -0.39 is 0 Å². The normalized spacial score (nSPS) is 14.8. The second kappa shape index (κ2) is 6.67. The maximum Gasteiger partial charge on any atom is 0.0508 e. The number of nitrogens with one attached hydrogen (secondary N) is 1. The SMILES string of the molecule is C=C(CC)NC(C(=C)C(C)C)C(C)CN. The Morgan fingerprint density at radius 1 is 1.27 bits per heavy atom. The maximum absolute atomic E-state index is 5.72. The van der Waals surface area contributed by atoms with Gasteiger partial charge in [0.2, 0.25) is 0 Å². The van der Waals surface area contributed by atoms with Crippen LogP contribution in [0.1, 0.15) is 34.1 Å². The molecule has 0 saturated carbocycles. The van der Waals surface area contributed by atoms with Crippen LogP contribution in [0.2, 0.25) is 0 Å². The van der Waals surface area contributed by atoms with Crippen molar-refractivity contribution in [1.29, 1.82) is 0 Å². The predicted molar refractivity (Wildman–Crippen MR) is 68.6 cm³/mol. The molecule has 0 radical (unpaired) electrons. The first-order valence-corrected chi connectivity index (χ1v) is 5.77. The lowest BCUT2D eigenvalue weighted by atomic mass is 9.88. The largest absolute Gasteiger partial charge is 0.382 e. The van der Waals surface area contributed by atoms with Crippen molar-refractivity contribution in [2.45, 2.75) is 40.2 Å². The van der Waals surface area contributed by atoms with E-state index in [-0.39, 0.29) is 6.04 Å². The number of nitrogens with two attached hydrogens (primary N) is 1. The first kappa shape index (κ1) is 14.2. The van der Waals surface area contributed by atoms with Crippen molar-refractivity contribution in [1.82, 2.24) is 5.32 Å². The van der Waals surface area contributed by atoms with Crippen molar-refractivity contribution in [2.24, 2.45) is 17.6 Å². The molecule has 2 atom stereocenters. The molecule has 0 rings (SSSR count). The molecule has 0 saturated heterocycles. The van der Waals surface area contributed by atoms with Gasteiger partial charge in [-0.1, -0.05) is 46.4 Å². The van der Waals surface area contributed by atoms with Crippen LogP contribution >= 0.6 is 0 Å². The molecule has 88 valence electrons. The van der Waals surface area contributed by atoms with Crippen LogP contribution in [0.25, 0.3) is 0 Å². The highest BCUT2D eigenvalue weighted by atomic mass is 14.9. The van der Waals surface area contributed by atoms with Crippen molar-refractivity contribution < 1.29 is 0 Å². The second-order valence-electron chi connectivity index (χ2n) is 4.52. The highest BCUT2D eigenvalue weighted by Gasteiger charge is 2.20. The van der Waals surface area contributed by atoms with Gasteiger partial charge in [0.1, 0.15) is 0 Å². The Morgan fingerprint density at radius 2 is 1.80 bits per heavy atom. The molecule has 0 heterocycles. The van der Waals surface area contributed by atoms with E-state index in [1.165, 1.54) is 5.57 Å². The van der Waals surface area contributed by atoms with Crippen LogP contribution in [-0.2, 0) is 0 Å². The van der Waals surface area contributed by atoms with Crippen LogP contribution in [0.5, 0.6) is 0 Å². The molecule has 2 unspecified atom stereocenters. The fraction of sp³-hybridized carbons (Fsp3) is 0.692. The molecule has 0 aromatic carbocycles. The van der Waals surface area contributed by atoms with Crippen LogP contribution in [0.3, 0.4) is 0 Å². The molecule has 0 aromatic heterocycles. The summed E-state index contributed by atoms with van der Waals surface area (Å²) in [5.41, 5.74) is 7.99. The standard InChI is InChI=1S/C13H26N2/c1-7-11(5)15-13(10(4)8-14)12(6)9(2)3/h9-10,13,15H,5-8,14H2,1-4H3. The van der Waals surface area contributed by atoms with Gasteiger partial charge in [0.05, 0.1) is 6.04 Å². The smallest absolute Gasteiger partial charge is 0.0508 e. The van der Waals surface area contributed by atoms with Crippen molar-refractivity contribution in [3.8, 4) is 0 Å². The van der Waals surface area contributed by atoms with E-state index in [1.54, 1.807) is 0 Å². The van der Waals surface area contributed by atoms with E-state index in [4.69, 9.17) is 5.73 Å². The summed E-state index contributed by atoms with van der Waals surface area (Å²) in [4.78, 5) is 0. The lowest BCUT2D eigenvalue weighted by Gasteiger charge is -2.30. The van der Waals surface area contributed by atoms with Crippen molar-refractivity contribution in [3.63, 3.8) is 0 Å². The van der Waals surface area contributed by atoms with Gasteiger partial charge in [-0.2, -0.15) is 0 Å². The zero-order valence-electron chi connectivity index (χ0n) is 10.6. The van der Waals surface area contributed by atoms with E-state index in [9.17, 15) is 0 Å². The Hall–Kier alpha value is -0.760. The van der Waals surface area contributed by atoms with Gasteiger partial charge in [-0.25, -0.2) is 0 Å². The van der Waals surface area contributed by atoms with Gasteiger partial charge in [-0.15, -0.1) is 0 Å². The molecule has 3 N–H and O–H groups in total. The van der Waals surface area contributed by atoms with Gasteiger partial charge in [0, 0.05) is 5.70 Å². The third-order valence-corrected chi connectivity index (χ3v) is 2.87. The monoisotopic (exact) mass is 210 g/mol. The molecule has 0 aliphatic carbocycles. The van der Waals surface area contributed by atoms with Gasteiger partial charge in [-0.3, -0.25) is 0 Å². The van der Waals surface area contributed by atoms with Crippen LogP contribution in [0.4, 0.5) is 0 Å². The minimum absolute atomic E-state index is 0.252. The third kappa shape index (κ3) is 4.52. The molecule has 0 aliphatic rings. The van der Waals surface area contributed by atoms with Gasteiger partial charge < -0.3 is 11.1 Å². The minimum Gasteiger partial charge on any atom is -0.382 e. The summed E-state index contributed by atoms with van der Waals surface area (Å²) in [5, 5.41) is 3.42. The third-order valence-electron chi connectivity index (χ3n) is 2.87. The summed E-state index contributed by atoms with van der Waals surface area (Å²) in [5.74, 6) is 0.865. The second-order valence-corrected chi connectivity index (χ2v) is 4.52. The highest BCUT2D eigenvalue weighted by molar-refractivity contribution is 5.13. The lowest BCUT2D eigenvalue weighted by molar-refractivity contribution is 0.427. The van der Waals surface area contributed by atoms with E-state index in [1.807, 2.05) is 0 Å². The first-order chi connectivity index (χ1) is 6.93. The predicted octanol–water partition coefficient (Wildman–Crippen LogP) is 2.68. The molecule has 0 bridgehead atoms. The Kier molecular flexibility index (Phi) is 6.34.